The first-order chi connectivity index (χ1) is 13.8. The molecule has 0 unspecified atom stereocenters. The molecule has 8 nitrogen and oxygen atoms in total. The summed E-state index contributed by atoms with van der Waals surface area (Å²) in [4.78, 5) is 23.7. The molecule has 9 heteroatoms. The molecule has 0 spiro atoms. The summed E-state index contributed by atoms with van der Waals surface area (Å²) in [5.74, 6) is -0.314. The molecule has 0 aliphatic rings. The lowest BCUT2D eigenvalue weighted by atomic mass is 10.1. The number of carbonyl (C=O) groups is 2. The van der Waals surface area contributed by atoms with Gasteiger partial charge in [0.2, 0.25) is 17.0 Å². The van der Waals surface area contributed by atoms with E-state index in [0.29, 0.717) is 16.5 Å². The predicted molar refractivity (Wildman–Crippen MR) is 113 cm³/mol. The Hall–Kier alpha value is -3.20. The van der Waals surface area contributed by atoms with Gasteiger partial charge in [-0.3, -0.25) is 9.59 Å². The number of hydrogen-bond donors (Lipinski definition) is 2. The van der Waals surface area contributed by atoms with Crippen molar-refractivity contribution in [2.45, 2.75) is 38.1 Å². The maximum Gasteiger partial charge on any atom is 0.237 e. The molecule has 2 amide bonds. The number of aromatic nitrogens is 4. The first-order valence-corrected chi connectivity index (χ1v) is 9.92. The Morgan fingerprint density at radius 3 is 2.34 bits per heavy atom. The fourth-order valence-corrected chi connectivity index (χ4v) is 3.45. The van der Waals surface area contributed by atoms with Crippen LogP contribution in [0.15, 0.2) is 47.6 Å². The fraction of sp³-hybridized carbons (Fsp3) is 0.250. The lowest BCUT2D eigenvalue weighted by Crippen LogP contribution is -2.23. The minimum absolute atomic E-state index is 0.145. The summed E-state index contributed by atoms with van der Waals surface area (Å²) < 4.78 is 1.65. The number of carbonyl (C=O) groups excluding carboxylic acids is 2. The molecule has 29 heavy (non-hydrogen) atoms. The third kappa shape index (κ3) is 5.20. The Morgan fingerprint density at radius 2 is 1.69 bits per heavy atom. The monoisotopic (exact) mass is 410 g/mol. The first kappa shape index (κ1) is 20.5. The maximum atomic E-state index is 12.6. The lowest BCUT2D eigenvalue weighted by molar-refractivity contribution is -0.115. The number of nitrogens with zero attached hydrogens (tertiary/aromatic N) is 4. The van der Waals surface area contributed by atoms with Crippen molar-refractivity contribution in [3.63, 3.8) is 0 Å². The number of aryl methyl sites for hydroxylation is 2. The summed E-state index contributed by atoms with van der Waals surface area (Å²) in [7, 11) is 0. The van der Waals surface area contributed by atoms with Gasteiger partial charge in [-0.05, 0) is 72.7 Å². The van der Waals surface area contributed by atoms with E-state index in [9.17, 15) is 9.59 Å². The van der Waals surface area contributed by atoms with Crippen molar-refractivity contribution in [1.82, 2.24) is 20.2 Å². The molecule has 3 aromatic rings. The Balaban J connectivity index is 1.68. The smallest absolute Gasteiger partial charge is 0.237 e. The molecule has 0 aliphatic carbocycles. The Bertz CT molecular complexity index is 1030. The summed E-state index contributed by atoms with van der Waals surface area (Å²) in [6, 6.07) is 13.0. The lowest BCUT2D eigenvalue weighted by Gasteiger charge is -2.13. The maximum absolute atomic E-state index is 12.6. The highest BCUT2D eigenvalue weighted by Crippen LogP contribution is 2.26. The van der Waals surface area contributed by atoms with Crippen LogP contribution >= 0.6 is 11.8 Å². The number of anilines is 2. The van der Waals surface area contributed by atoms with Gasteiger partial charge >= 0.3 is 0 Å². The highest BCUT2D eigenvalue weighted by Gasteiger charge is 2.20. The van der Waals surface area contributed by atoms with Gasteiger partial charge in [0.25, 0.3) is 0 Å². The van der Waals surface area contributed by atoms with Crippen LogP contribution in [0, 0.1) is 13.8 Å². The normalized spacial score (nSPS) is 11.7. The zero-order valence-electron chi connectivity index (χ0n) is 16.6. The standard InChI is InChI=1S/C20H22N6O2S/c1-12-5-6-13(2)18(11-12)26-20(23-24-25-26)29-14(3)19(28)22-17-9-7-16(8-10-17)21-15(4)27/h5-11,14H,1-4H3,(H,21,27)(H,22,28)/t14-/m1/s1. The number of hydrogen-bond acceptors (Lipinski definition) is 6. The van der Waals surface area contributed by atoms with E-state index >= 15 is 0 Å². The molecule has 3 rings (SSSR count). The van der Waals surface area contributed by atoms with Crippen LogP contribution in [0.5, 0.6) is 0 Å². The topological polar surface area (TPSA) is 102 Å². The van der Waals surface area contributed by atoms with Gasteiger partial charge in [-0.2, -0.15) is 4.68 Å². The first-order valence-electron chi connectivity index (χ1n) is 9.04. The van der Waals surface area contributed by atoms with Gasteiger partial charge in [0.15, 0.2) is 0 Å². The van der Waals surface area contributed by atoms with Gasteiger partial charge in [-0.15, -0.1) is 5.10 Å². The van der Waals surface area contributed by atoms with E-state index < -0.39 is 5.25 Å². The van der Waals surface area contributed by atoms with Crippen LogP contribution in [0.25, 0.3) is 5.69 Å². The molecule has 2 aromatic carbocycles. The molecular weight excluding hydrogens is 388 g/mol. The second-order valence-electron chi connectivity index (χ2n) is 6.67. The van der Waals surface area contributed by atoms with Crippen LogP contribution in [0.4, 0.5) is 11.4 Å². The number of benzene rings is 2. The van der Waals surface area contributed by atoms with E-state index in [4.69, 9.17) is 0 Å². The molecule has 1 aromatic heterocycles. The zero-order valence-corrected chi connectivity index (χ0v) is 17.4. The van der Waals surface area contributed by atoms with Crippen LogP contribution in [-0.4, -0.2) is 37.3 Å². The van der Waals surface area contributed by atoms with Gasteiger partial charge in [-0.1, -0.05) is 23.9 Å². The third-order valence-corrected chi connectivity index (χ3v) is 5.19. The van der Waals surface area contributed by atoms with Crippen molar-refractivity contribution >= 4 is 35.0 Å². The number of thioether (sulfide) groups is 1. The molecule has 0 radical (unpaired) electrons. The quantitative estimate of drug-likeness (QED) is 0.604. The van der Waals surface area contributed by atoms with Crippen LogP contribution in [0.2, 0.25) is 0 Å². The molecule has 0 aliphatic heterocycles. The Morgan fingerprint density at radius 1 is 1.03 bits per heavy atom. The van der Waals surface area contributed by atoms with Crippen molar-refractivity contribution in [2.24, 2.45) is 0 Å². The Labute approximate surface area is 173 Å². The molecule has 0 saturated heterocycles. The number of rotatable bonds is 6. The molecule has 150 valence electrons. The number of amides is 2. The SMILES string of the molecule is CC(=O)Nc1ccc(NC(=O)[C@@H](C)Sc2nnnn2-c2cc(C)ccc2C)cc1. The van der Waals surface area contributed by atoms with Crippen molar-refractivity contribution in [2.75, 3.05) is 10.6 Å². The number of tetrazole rings is 1. The Kier molecular flexibility index (Phi) is 6.28. The largest absolute Gasteiger partial charge is 0.326 e. The molecule has 1 heterocycles. The third-order valence-electron chi connectivity index (χ3n) is 4.16. The fourth-order valence-electron chi connectivity index (χ4n) is 2.65. The van der Waals surface area contributed by atoms with E-state index in [2.05, 4.69) is 26.2 Å². The highest BCUT2D eigenvalue weighted by molar-refractivity contribution is 8.00. The van der Waals surface area contributed by atoms with Gasteiger partial charge < -0.3 is 10.6 Å². The summed E-state index contributed by atoms with van der Waals surface area (Å²) >= 11 is 1.28. The van der Waals surface area contributed by atoms with Gasteiger partial charge in [-0.25, -0.2) is 0 Å². The minimum atomic E-state index is -0.417. The molecule has 0 fully saturated rings. The average Bonchev–Trinajstić information content (AvgIpc) is 3.12. The molecule has 0 bridgehead atoms. The summed E-state index contributed by atoms with van der Waals surface area (Å²) in [5, 5.41) is 17.6. The zero-order chi connectivity index (χ0) is 21.0. The second kappa shape index (κ2) is 8.87. The van der Waals surface area contributed by atoms with Gasteiger partial charge in [0.1, 0.15) is 0 Å². The molecular formula is C20H22N6O2S. The highest BCUT2D eigenvalue weighted by atomic mass is 32.2. The second-order valence-corrected chi connectivity index (χ2v) is 7.98. The van der Waals surface area contributed by atoms with E-state index in [0.717, 1.165) is 16.8 Å². The summed E-state index contributed by atoms with van der Waals surface area (Å²) in [6.07, 6.45) is 0. The van der Waals surface area contributed by atoms with Crippen LogP contribution in [0.3, 0.4) is 0 Å². The average molecular weight is 411 g/mol. The predicted octanol–water partition coefficient (Wildman–Crippen LogP) is 3.36. The number of nitrogens with one attached hydrogen (secondary N) is 2. The van der Waals surface area contributed by atoms with Gasteiger partial charge in [0, 0.05) is 18.3 Å². The van der Waals surface area contributed by atoms with E-state index in [1.807, 2.05) is 32.0 Å². The van der Waals surface area contributed by atoms with Crippen molar-refractivity contribution < 1.29 is 9.59 Å². The van der Waals surface area contributed by atoms with Crippen LogP contribution in [0.1, 0.15) is 25.0 Å². The van der Waals surface area contributed by atoms with Crippen LogP contribution in [-0.2, 0) is 9.59 Å². The minimum Gasteiger partial charge on any atom is -0.326 e. The van der Waals surface area contributed by atoms with Crippen molar-refractivity contribution in [3.05, 3.63) is 53.6 Å². The van der Waals surface area contributed by atoms with E-state index in [-0.39, 0.29) is 11.8 Å². The summed E-state index contributed by atoms with van der Waals surface area (Å²) in [6.45, 7) is 7.24. The van der Waals surface area contributed by atoms with E-state index in [1.165, 1.54) is 18.7 Å². The molecule has 2 N–H and O–H groups in total. The van der Waals surface area contributed by atoms with Crippen molar-refractivity contribution in [3.8, 4) is 5.69 Å². The van der Waals surface area contributed by atoms with Gasteiger partial charge in [0.05, 0.1) is 10.9 Å². The summed E-state index contributed by atoms with van der Waals surface area (Å²) in [5.41, 5.74) is 4.35. The van der Waals surface area contributed by atoms with E-state index in [1.54, 1.807) is 35.9 Å². The van der Waals surface area contributed by atoms with Crippen molar-refractivity contribution in [1.29, 1.82) is 0 Å². The van der Waals surface area contributed by atoms with Crippen LogP contribution < -0.4 is 10.6 Å². The molecule has 0 saturated carbocycles. The molecule has 1 atom stereocenters.